The Morgan fingerprint density at radius 3 is 2.79 bits per heavy atom. The van der Waals surface area contributed by atoms with Crippen molar-refractivity contribution in [1.82, 2.24) is 10.2 Å². The molecule has 0 radical (unpaired) electrons. The third-order valence-electron chi connectivity index (χ3n) is 2.78. The fourth-order valence-corrected chi connectivity index (χ4v) is 1.66. The van der Waals surface area contributed by atoms with Crippen molar-refractivity contribution in [1.29, 1.82) is 0 Å². The predicted octanol–water partition coefficient (Wildman–Crippen LogP) is 1.83. The van der Waals surface area contributed by atoms with Crippen molar-refractivity contribution in [2.24, 2.45) is 0 Å². The van der Waals surface area contributed by atoms with E-state index in [-0.39, 0.29) is 5.91 Å². The summed E-state index contributed by atoms with van der Waals surface area (Å²) < 4.78 is 5.62. The van der Waals surface area contributed by atoms with Gasteiger partial charge < -0.3 is 15.0 Å². The lowest BCUT2D eigenvalue weighted by atomic mass is 10.2. The van der Waals surface area contributed by atoms with Crippen LogP contribution in [0, 0.1) is 6.92 Å². The quantitative estimate of drug-likeness (QED) is 0.728. The second kappa shape index (κ2) is 8.53. The van der Waals surface area contributed by atoms with E-state index < -0.39 is 0 Å². The van der Waals surface area contributed by atoms with Crippen LogP contribution in [0.3, 0.4) is 0 Å². The molecule has 0 bridgehead atoms. The van der Waals surface area contributed by atoms with Gasteiger partial charge in [0.15, 0.2) is 0 Å². The number of nitrogens with zero attached hydrogens (tertiary/aromatic N) is 1. The zero-order valence-electron chi connectivity index (χ0n) is 12.1. The summed E-state index contributed by atoms with van der Waals surface area (Å²) in [6, 6.07) is 8.02. The fraction of sp³-hybridized carbons (Fsp3) is 0.533. The molecule has 1 N–H and O–H groups in total. The van der Waals surface area contributed by atoms with E-state index in [1.54, 1.807) is 19.0 Å². The fourth-order valence-electron chi connectivity index (χ4n) is 1.66. The van der Waals surface area contributed by atoms with Gasteiger partial charge in [0.05, 0.1) is 0 Å². The summed E-state index contributed by atoms with van der Waals surface area (Å²) in [7, 11) is 3.57. The van der Waals surface area contributed by atoms with Gasteiger partial charge >= 0.3 is 0 Å². The number of carbonyl (C=O) groups excluding carboxylic acids is 1. The molecule has 0 aliphatic heterocycles. The lowest BCUT2D eigenvalue weighted by Crippen LogP contribution is -2.25. The lowest BCUT2D eigenvalue weighted by Gasteiger charge is -2.10. The maximum absolute atomic E-state index is 11.3. The monoisotopic (exact) mass is 264 g/mol. The Labute approximate surface area is 115 Å². The molecule has 1 aromatic carbocycles. The van der Waals surface area contributed by atoms with Crippen molar-refractivity contribution in [2.45, 2.75) is 19.8 Å². The Morgan fingerprint density at radius 1 is 1.32 bits per heavy atom. The van der Waals surface area contributed by atoms with Gasteiger partial charge in [-0.25, -0.2) is 0 Å². The summed E-state index contributed by atoms with van der Waals surface area (Å²) in [6.45, 7) is 4.33. The molecule has 0 aliphatic carbocycles. The summed E-state index contributed by atoms with van der Waals surface area (Å²) in [5.41, 5.74) is 1.20. The van der Waals surface area contributed by atoms with Gasteiger partial charge in [-0.05, 0) is 37.6 Å². The largest absolute Gasteiger partial charge is 0.492 e. The van der Waals surface area contributed by atoms with Crippen LogP contribution in [0.2, 0.25) is 0 Å². The van der Waals surface area contributed by atoms with E-state index in [2.05, 4.69) is 5.32 Å². The number of hydrogen-bond donors (Lipinski definition) is 1. The Balaban J connectivity index is 2.01. The van der Waals surface area contributed by atoms with Crippen LogP contribution in [0.5, 0.6) is 5.75 Å². The molecular formula is C15H24N2O2. The number of rotatable bonds is 8. The average molecular weight is 264 g/mol. The summed E-state index contributed by atoms with van der Waals surface area (Å²) in [5, 5.41) is 3.27. The first kappa shape index (κ1) is 15.5. The van der Waals surface area contributed by atoms with Crippen molar-refractivity contribution >= 4 is 5.91 Å². The van der Waals surface area contributed by atoms with Crippen LogP contribution in [-0.2, 0) is 4.79 Å². The van der Waals surface area contributed by atoms with Crippen LogP contribution >= 0.6 is 0 Å². The molecule has 106 valence electrons. The summed E-state index contributed by atoms with van der Waals surface area (Å²) >= 11 is 0. The van der Waals surface area contributed by atoms with Crippen molar-refractivity contribution in [3.05, 3.63) is 29.8 Å². The number of nitrogens with one attached hydrogen (secondary N) is 1. The third kappa shape index (κ3) is 6.82. The second-order valence-electron chi connectivity index (χ2n) is 4.81. The highest BCUT2D eigenvalue weighted by atomic mass is 16.5. The van der Waals surface area contributed by atoms with Gasteiger partial charge in [0.1, 0.15) is 12.4 Å². The number of benzene rings is 1. The van der Waals surface area contributed by atoms with Crippen LogP contribution in [0.25, 0.3) is 0 Å². The van der Waals surface area contributed by atoms with Crippen molar-refractivity contribution in [3.63, 3.8) is 0 Å². The Morgan fingerprint density at radius 2 is 2.11 bits per heavy atom. The number of hydrogen-bond acceptors (Lipinski definition) is 3. The van der Waals surface area contributed by atoms with Crippen molar-refractivity contribution in [3.8, 4) is 5.75 Å². The van der Waals surface area contributed by atoms with Crippen LogP contribution in [0.15, 0.2) is 24.3 Å². The smallest absolute Gasteiger partial charge is 0.222 e. The number of aryl methyl sites for hydroxylation is 1. The van der Waals surface area contributed by atoms with E-state index in [0.717, 1.165) is 25.3 Å². The first-order valence-corrected chi connectivity index (χ1v) is 6.70. The highest BCUT2D eigenvalue weighted by molar-refractivity contribution is 5.75. The minimum Gasteiger partial charge on any atom is -0.492 e. The normalized spacial score (nSPS) is 10.3. The molecule has 0 saturated heterocycles. The molecule has 0 saturated carbocycles. The molecule has 1 aromatic rings. The van der Waals surface area contributed by atoms with Gasteiger partial charge in [-0.15, -0.1) is 0 Å². The number of amides is 1. The molecule has 0 heterocycles. The van der Waals surface area contributed by atoms with E-state index in [1.807, 2.05) is 31.2 Å². The summed E-state index contributed by atoms with van der Waals surface area (Å²) in [5.74, 6) is 1.09. The first-order chi connectivity index (χ1) is 9.09. The Kier molecular flexibility index (Phi) is 6.97. The first-order valence-electron chi connectivity index (χ1n) is 6.70. The molecule has 19 heavy (non-hydrogen) atoms. The van der Waals surface area contributed by atoms with Gasteiger partial charge in [0.25, 0.3) is 0 Å². The van der Waals surface area contributed by atoms with E-state index in [9.17, 15) is 4.79 Å². The molecule has 0 aromatic heterocycles. The Bertz CT molecular complexity index is 391. The lowest BCUT2D eigenvalue weighted by molar-refractivity contribution is -0.128. The van der Waals surface area contributed by atoms with Crippen LogP contribution < -0.4 is 10.1 Å². The molecule has 0 aliphatic rings. The summed E-state index contributed by atoms with van der Waals surface area (Å²) in [6.07, 6.45) is 1.46. The molecular weight excluding hydrogens is 240 g/mol. The topological polar surface area (TPSA) is 41.6 Å². The second-order valence-corrected chi connectivity index (χ2v) is 4.81. The molecule has 0 fully saturated rings. The maximum Gasteiger partial charge on any atom is 0.222 e. The van der Waals surface area contributed by atoms with Gasteiger partial charge in [-0.1, -0.05) is 12.1 Å². The summed E-state index contributed by atoms with van der Waals surface area (Å²) in [4.78, 5) is 12.9. The number of ether oxygens (including phenoxy) is 1. The van der Waals surface area contributed by atoms with Crippen LogP contribution in [-0.4, -0.2) is 44.6 Å². The van der Waals surface area contributed by atoms with E-state index in [4.69, 9.17) is 4.74 Å². The molecule has 0 unspecified atom stereocenters. The van der Waals surface area contributed by atoms with Gasteiger partial charge in [0.2, 0.25) is 5.91 Å². The van der Waals surface area contributed by atoms with Gasteiger partial charge in [-0.2, -0.15) is 0 Å². The zero-order valence-corrected chi connectivity index (χ0v) is 12.1. The maximum atomic E-state index is 11.3. The molecule has 4 heteroatoms. The Hall–Kier alpha value is -1.55. The third-order valence-corrected chi connectivity index (χ3v) is 2.78. The standard InChI is InChI=1S/C15H24N2O2/c1-13-6-4-7-14(12-13)19-11-10-16-9-5-8-15(18)17(2)3/h4,6-7,12,16H,5,8-11H2,1-3H3. The van der Waals surface area contributed by atoms with Gasteiger partial charge in [0, 0.05) is 27.1 Å². The zero-order chi connectivity index (χ0) is 14.1. The highest BCUT2D eigenvalue weighted by Crippen LogP contribution is 2.11. The van der Waals surface area contributed by atoms with Gasteiger partial charge in [-0.3, -0.25) is 4.79 Å². The van der Waals surface area contributed by atoms with Crippen LogP contribution in [0.1, 0.15) is 18.4 Å². The molecule has 4 nitrogen and oxygen atoms in total. The molecule has 1 amide bonds. The van der Waals surface area contributed by atoms with E-state index >= 15 is 0 Å². The number of carbonyl (C=O) groups is 1. The van der Waals surface area contributed by atoms with E-state index in [0.29, 0.717) is 13.0 Å². The predicted molar refractivity (Wildman–Crippen MR) is 77.5 cm³/mol. The molecule has 0 atom stereocenters. The van der Waals surface area contributed by atoms with E-state index in [1.165, 1.54) is 5.56 Å². The minimum absolute atomic E-state index is 0.179. The SMILES string of the molecule is Cc1cccc(OCCNCCCC(=O)N(C)C)c1. The molecule has 1 rings (SSSR count). The average Bonchev–Trinajstić information content (AvgIpc) is 2.37. The molecule has 0 spiro atoms. The van der Waals surface area contributed by atoms with Crippen molar-refractivity contribution < 1.29 is 9.53 Å². The van der Waals surface area contributed by atoms with Crippen LogP contribution in [0.4, 0.5) is 0 Å². The highest BCUT2D eigenvalue weighted by Gasteiger charge is 2.02. The van der Waals surface area contributed by atoms with Crippen molar-refractivity contribution in [2.75, 3.05) is 33.8 Å². The minimum atomic E-state index is 0.179.